The highest BCUT2D eigenvalue weighted by Crippen LogP contribution is 2.30. The largest absolute Gasteiger partial charge is 0.390 e. The molecule has 0 saturated carbocycles. The van der Waals surface area contributed by atoms with Gasteiger partial charge in [-0.05, 0) is 25.8 Å². The van der Waals surface area contributed by atoms with E-state index in [-0.39, 0.29) is 24.3 Å². The molecule has 0 aromatic heterocycles. The lowest BCUT2D eigenvalue weighted by Gasteiger charge is -2.27. The van der Waals surface area contributed by atoms with Crippen molar-refractivity contribution < 1.29 is 15.1 Å². The summed E-state index contributed by atoms with van der Waals surface area (Å²) >= 11 is 0. The molecule has 2 atom stereocenters. The molecule has 0 aliphatic heterocycles. The molecule has 0 heterocycles. The van der Waals surface area contributed by atoms with E-state index in [9.17, 15) is 15.1 Å². The second-order valence-corrected chi connectivity index (χ2v) is 5.85. The first kappa shape index (κ1) is 14.8. The molecule has 1 aliphatic carbocycles. The van der Waals surface area contributed by atoms with Gasteiger partial charge >= 0.3 is 0 Å². The predicted octanol–water partition coefficient (Wildman–Crippen LogP) is 2.16. The predicted molar refractivity (Wildman–Crippen MR) is 76.1 cm³/mol. The highest BCUT2D eigenvalue weighted by atomic mass is 16.5. The molecule has 1 aliphatic rings. The van der Waals surface area contributed by atoms with Crippen LogP contribution in [0, 0.1) is 5.92 Å². The zero-order valence-electron chi connectivity index (χ0n) is 11.9. The number of carbonyl (C=O) groups excluding carboxylic acids is 1. The number of benzene rings is 1. The van der Waals surface area contributed by atoms with E-state index in [0.29, 0.717) is 6.42 Å². The Hall–Kier alpha value is -1.65. The molecular formula is C16H21NO3. The van der Waals surface area contributed by atoms with Crippen LogP contribution in [-0.2, 0) is 11.2 Å². The van der Waals surface area contributed by atoms with Crippen LogP contribution in [0.2, 0.25) is 0 Å². The van der Waals surface area contributed by atoms with Gasteiger partial charge in [-0.25, -0.2) is 5.06 Å². The van der Waals surface area contributed by atoms with Crippen LogP contribution >= 0.6 is 0 Å². The van der Waals surface area contributed by atoms with Crippen LogP contribution in [0.5, 0.6) is 0 Å². The zero-order chi connectivity index (χ0) is 14.8. The molecule has 20 heavy (non-hydrogen) atoms. The Bertz CT molecular complexity index is 490. The van der Waals surface area contributed by atoms with Crippen molar-refractivity contribution in [3.63, 3.8) is 0 Å². The van der Waals surface area contributed by atoms with Crippen molar-refractivity contribution in [1.29, 1.82) is 0 Å². The third-order valence-corrected chi connectivity index (χ3v) is 3.74. The summed E-state index contributed by atoms with van der Waals surface area (Å²) in [6, 6.07) is 8.97. The Balaban J connectivity index is 1.94. The van der Waals surface area contributed by atoms with E-state index in [1.54, 1.807) is 19.9 Å². The number of nitrogens with zero attached hydrogens (tertiary/aromatic N) is 1. The molecule has 2 rings (SSSR count). The highest BCUT2D eigenvalue weighted by Gasteiger charge is 2.34. The van der Waals surface area contributed by atoms with Crippen molar-refractivity contribution in [1.82, 2.24) is 5.06 Å². The Morgan fingerprint density at radius 1 is 1.30 bits per heavy atom. The van der Waals surface area contributed by atoms with Crippen LogP contribution in [0.25, 0.3) is 0 Å². The van der Waals surface area contributed by atoms with Gasteiger partial charge in [0.25, 0.3) is 5.91 Å². The maximum absolute atomic E-state index is 12.0. The van der Waals surface area contributed by atoms with Crippen molar-refractivity contribution in [2.75, 3.05) is 0 Å². The van der Waals surface area contributed by atoms with Gasteiger partial charge in [-0.2, -0.15) is 0 Å². The molecule has 2 N–H and O–H groups in total. The fourth-order valence-electron chi connectivity index (χ4n) is 2.42. The third kappa shape index (κ3) is 3.46. The summed E-state index contributed by atoms with van der Waals surface area (Å²) < 4.78 is 0. The second-order valence-electron chi connectivity index (χ2n) is 5.85. The number of aliphatic hydroxyl groups is 1. The van der Waals surface area contributed by atoms with Crippen molar-refractivity contribution >= 4 is 5.91 Å². The normalized spacial score (nSPS) is 22.0. The Labute approximate surface area is 119 Å². The smallest absolute Gasteiger partial charge is 0.250 e. The summed E-state index contributed by atoms with van der Waals surface area (Å²) in [5.41, 5.74) is 0.0340. The molecule has 4 heteroatoms. The van der Waals surface area contributed by atoms with Crippen LogP contribution in [0.1, 0.15) is 25.8 Å². The maximum atomic E-state index is 12.0. The molecule has 4 nitrogen and oxygen atoms in total. The SMILES string of the molecule is CC(C)(O)[C@@H]1C=C[C@H](N(O)C(=O)Cc2ccccc2)C1. The van der Waals surface area contributed by atoms with E-state index in [1.807, 2.05) is 36.4 Å². The molecule has 0 saturated heterocycles. The number of carbonyl (C=O) groups is 1. The molecule has 0 spiro atoms. The lowest BCUT2D eigenvalue weighted by molar-refractivity contribution is -0.172. The van der Waals surface area contributed by atoms with Crippen molar-refractivity contribution in [3.05, 3.63) is 48.0 Å². The van der Waals surface area contributed by atoms with Crippen LogP contribution in [0.3, 0.4) is 0 Å². The third-order valence-electron chi connectivity index (χ3n) is 3.74. The van der Waals surface area contributed by atoms with Gasteiger partial charge in [0.2, 0.25) is 0 Å². The van der Waals surface area contributed by atoms with Crippen molar-refractivity contribution in [2.45, 2.75) is 38.3 Å². The van der Waals surface area contributed by atoms with E-state index >= 15 is 0 Å². The van der Waals surface area contributed by atoms with Gasteiger partial charge in [-0.3, -0.25) is 10.0 Å². The van der Waals surface area contributed by atoms with Gasteiger partial charge in [0, 0.05) is 5.92 Å². The number of hydrogen-bond donors (Lipinski definition) is 2. The number of hydrogen-bond acceptors (Lipinski definition) is 3. The van der Waals surface area contributed by atoms with Crippen molar-refractivity contribution in [2.24, 2.45) is 5.92 Å². The van der Waals surface area contributed by atoms with E-state index in [1.165, 1.54) is 0 Å². The first-order chi connectivity index (χ1) is 9.38. The lowest BCUT2D eigenvalue weighted by Crippen LogP contribution is -2.38. The Morgan fingerprint density at radius 3 is 2.50 bits per heavy atom. The molecule has 1 aromatic carbocycles. The van der Waals surface area contributed by atoms with Crippen LogP contribution in [0.15, 0.2) is 42.5 Å². The molecule has 1 aromatic rings. The van der Waals surface area contributed by atoms with Crippen molar-refractivity contribution in [3.8, 4) is 0 Å². The van der Waals surface area contributed by atoms with E-state index < -0.39 is 5.60 Å². The van der Waals surface area contributed by atoms with E-state index in [0.717, 1.165) is 10.6 Å². The first-order valence-electron chi connectivity index (χ1n) is 6.83. The molecule has 108 valence electrons. The molecule has 0 unspecified atom stereocenters. The summed E-state index contributed by atoms with van der Waals surface area (Å²) in [5.74, 6) is -0.381. The number of rotatable bonds is 4. The fraction of sp³-hybridized carbons (Fsp3) is 0.438. The molecule has 0 radical (unpaired) electrons. The summed E-state index contributed by atoms with van der Waals surface area (Å²) in [6.07, 6.45) is 4.37. The zero-order valence-corrected chi connectivity index (χ0v) is 11.9. The Morgan fingerprint density at radius 2 is 1.95 bits per heavy atom. The summed E-state index contributed by atoms with van der Waals surface area (Å²) in [5, 5.41) is 20.8. The average molecular weight is 275 g/mol. The first-order valence-corrected chi connectivity index (χ1v) is 6.83. The lowest BCUT2D eigenvalue weighted by atomic mass is 9.90. The maximum Gasteiger partial charge on any atom is 0.250 e. The average Bonchev–Trinajstić information content (AvgIpc) is 2.88. The molecule has 0 fully saturated rings. The van der Waals surface area contributed by atoms with E-state index in [4.69, 9.17) is 0 Å². The minimum atomic E-state index is -0.839. The van der Waals surface area contributed by atoms with Gasteiger partial charge in [0.1, 0.15) is 0 Å². The Kier molecular flexibility index (Phi) is 4.26. The van der Waals surface area contributed by atoms with Gasteiger partial charge in [0.15, 0.2) is 0 Å². The summed E-state index contributed by atoms with van der Waals surface area (Å²) in [4.78, 5) is 12.0. The standard InChI is InChI=1S/C16H21NO3/c1-16(2,19)13-8-9-14(11-13)17(20)15(18)10-12-6-4-3-5-7-12/h3-9,13-14,19-20H,10-11H2,1-2H3/t13-,14+/m1/s1. The van der Waals surface area contributed by atoms with E-state index in [2.05, 4.69) is 0 Å². The van der Waals surface area contributed by atoms with Gasteiger partial charge in [-0.15, -0.1) is 0 Å². The topological polar surface area (TPSA) is 60.8 Å². The minimum absolute atomic E-state index is 0.0494. The monoisotopic (exact) mass is 275 g/mol. The second kappa shape index (κ2) is 5.77. The van der Waals surface area contributed by atoms with Gasteiger partial charge < -0.3 is 5.11 Å². The van der Waals surface area contributed by atoms with Crippen LogP contribution in [-0.4, -0.2) is 32.9 Å². The molecule has 0 bridgehead atoms. The van der Waals surface area contributed by atoms with Crippen LogP contribution < -0.4 is 0 Å². The van der Waals surface area contributed by atoms with Crippen LogP contribution in [0.4, 0.5) is 0 Å². The summed E-state index contributed by atoms with van der Waals surface area (Å²) in [7, 11) is 0. The number of hydroxylamine groups is 2. The van der Waals surface area contributed by atoms with Gasteiger partial charge in [-0.1, -0.05) is 42.5 Å². The fourth-order valence-corrected chi connectivity index (χ4v) is 2.42. The summed E-state index contributed by atoms with van der Waals surface area (Å²) in [6.45, 7) is 3.47. The highest BCUT2D eigenvalue weighted by molar-refractivity contribution is 5.78. The molecule has 1 amide bonds. The number of amides is 1. The minimum Gasteiger partial charge on any atom is -0.390 e. The molecular weight excluding hydrogens is 254 g/mol. The van der Waals surface area contributed by atoms with Gasteiger partial charge in [0.05, 0.1) is 18.1 Å². The quantitative estimate of drug-likeness (QED) is 0.503.